The van der Waals surface area contributed by atoms with Gasteiger partial charge in [0.1, 0.15) is 22.8 Å². The van der Waals surface area contributed by atoms with E-state index in [9.17, 15) is 13.2 Å². The molecule has 3 aromatic carbocycles. The van der Waals surface area contributed by atoms with E-state index in [0.29, 0.717) is 28.1 Å². The molecule has 0 bridgehead atoms. The van der Waals surface area contributed by atoms with Gasteiger partial charge in [-0.3, -0.25) is 4.98 Å². The summed E-state index contributed by atoms with van der Waals surface area (Å²) in [4.78, 5) is 20.0. The van der Waals surface area contributed by atoms with Crippen molar-refractivity contribution in [2.24, 2.45) is 5.41 Å². The summed E-state index contributed by atoms with van der Waals surface area (Å²) in [6, 6.07) is 18.0. The molecule has 0 saturated heterocycles. The smallest absolute Gasteiger partial charge is 0.416 e. The highest BCUT2D eigenvalue weighted by Gasteiger charge is 2.38. The number of nitrogens with zero attached hydrogens (tertiary/aromatic N) is 4. The van der Waals surface area contributed by atoms with Gasteiger partial charge in [-0.25, -0.2) is 15.0 Å². The van der Waals surface area contributed by atoms with E-state index in [1.807, 2.05) is 24.4 Å². The number of hydrogen-bond acceptors (Lipinski definition) is 5. The Hall–Kier alpha value is -4.59. The van der Waals surface area contributed by atoms with Gasteiger partial charge >= 0.3 is 6.18 Å². The van der Waals surface area contributed by atoms with E-state index in [0.717, 1.165) is 57.0 Å². The van der Waals surface area contributed by atoms with Gasteiger partial charge in [0.2, 0.25) is 0 Å². The van der Waals surface area contributed by atoms with Crippen LogP contribution in [0.25, 0.3) is 55.7 Å². The number of halogens is 3. The third-order valence-electron chi connectivity index (χ3n) is 10.9. The fourth-order valence-electron chi connectivity index (χ4n) is 6.62. The highest BCUT2D eigenvalue weighted by molar-refractivity contribution is 6.09. The lowest BCUT2D eigenvalue weighted by molar-refractivity contribution is -0.137. The first-order valence-corrected chi connectivity index (χ1v) is 18.6. The molecule has 54 heavy (non-hydrogen) atoms. The Bertz CT molecular complexity index is 2360. The summed E-state index contributed by atoms with van der Waals surface area (Å²) in [6.07, 6.45) is -2.51. The van der Waals surface area contributed by atoms with Gasteiger partial charge in [-0.2, -0.15) is 13.2 Å². The van der Waals surface area contributed by atoms with Crippen molar-refractivity contribution in [3.63, 3.8) is 0 Å². The maximum Gasteiger partial charge on any atom is 0.416 e. The second kappa shape index (κ2) is 12.7. The van der Waals surface area contributed by atoms with E-state index in [2.05, 4.69) is 121 Å². The molecule has 0 aliphatic carbocycles. The van der Waals surface area contributed by atoms with E-state index in [1.54, 1.807) is 0 Å². The summed E-state index contributed by atoms with van der Waals surface area (Å²) >= 11 is 0. The Kier molecular flexibility index (Phi) is 9.23. The van der Waals surface area contributed by atoms with Crippen molar-refractivity contribution in [3.8, 4) is 33.8 Å². The van der Waals surface area contributed by atoms with Crippen LogP contribution >= 0.6 is 0 Å². The van der Waals surface area contributed by atoms with Crippen molar-refractivity contribution >= 4 is 21.9 Å². The number of para-hydroxylation sites is 1. The molecule has 0 amide bonds. The van der Waals surface area contributed by atoms with Crippen LogP contribution in [0.15, 0.2) is 71.3 Å². The van der Waals surface area contributed by atoms with Crippen molar-refractivity contribution in [3.05, 3.63) is 95.2 Å². The molecule has 3 aromatic heterocycles. The van der Waals surface area contributed by atoms with E-state index in [4.69, 9.17) is 24.4 Å². The number of fused-ring (bicyclic) bond motifs is 3. The van der Waals surface area contributed by atoms with E-state index < -0.39 is 11.7 Å². The van der Waals surface area contributed by atoms with E-state index in [1.165, 1.54) is 6.07 Å². The first-order valence-electron chi connectivity index (χ1n) is 18.6. The predicted octanol–water partition coefficient (Wildman–Crippen LogP) is 13.4. The second-order valence-electron chi connectivity index (χ2n) is 19.3. The lowest BCUT2D eigenvalue weighted by Crippen LogP contribution is -2.34. The van der Waals surface area contributed by atoms with Crippen molar-refractivity contribution < 1.29 is 17.6 Å². The highest BCUT2D eigenvalue weighted by atomic mass is 19.4. The molecule has 0 spiro atoms. The van der Waals surface area contributed by atoms with Crippen LogP contribution in [0.5, 0.6) is 0 Å². The summed E-state index contributed by atoms with van der Waals surface area (Å²) in [5.41, 5.74) is 5.30. The molecule has 6 aromatic rings. The molecule has 0 fully saturated rings. The summed E-state index contributed by atoms with van der Waals surface area (Å²) in [5.74, 6) is 2.15. The van der Waals surface area contributed by atoms with Crippen molar-refractivity contribution in [2.75, 3.05) is 0 Å². The summed E-state index contributed by atoms with van der Waals surface area (Å²) in [6.45, 7) is 30.6. The predicted molar refractivity (Wildman–Crippen MR) is 215 cm³/mol. The molecule has 0 aliphatic rings. The number of furan rings is 1. The molecule has 0 unspecified atom stereocenters. The third kappa shape index (κ3) is 7.16. The van der Waals surface area contributed by atoms with E-state index >= 15 is 0 Å². The van der Waals surface area contributed by atoms with Crippen LogP contribution in [0.3, 0.4) is 0 Å². The molecule has 6 rings (SSSR count). The number of rotatable bonds is 4. The average Bonchev–Trinajstić information content (AvgIpc) is 3.44. The van der Waals surface area contributed by atoms with Crippen LogP contribution in [-0.4, -0.2) is 19.9 Å². The first-order chi connectivity index (χ1) is 24.7. The fourth-order valence-corrected chi connectivity index (χ4v) is 6.62. The van der Waals surface area contributed by atoms with Gasteiger partial charge in [0.25, 0.3) is 0 Å². The lowest BCUT2D eigenvalue weighted by atomic mass is 9.64. The standard InChI is InChI=1S/C46H53F3N4O/c1-41(2,3)33-22-26(38-51-39(42(4,5)6)53-40(52-38)43(7,8)9)18-20-28(33)32-24-35(50-25-34(32)45(13,14)44(10,11)12)31-17-15-16-30-29-21-19-27(46(47,48)49)23-36(29)54-37(30)31/h15-25H,1-14H3. The first kappa shape index (κ1) is 39.1. The van der Waals surface area contributed by atoms with Gasteiger partial charge in [0.05, 0.1) is 11.3 Å². The normalized spacial score (nSPS) is 13.6. The topological polar surface area (TPSA) is 64.7 Å². The Labute approximate surface area is 317 Å². The van der Waals surface area contributed by atoms with Gasteiger partial charge < -0.3 is 4.42 Å². The summed E-state index contributed by atoms with van der Waals surface area (Å²) in [5, 5.41) is 1.36. The van der Waals surface area contributed by atoms with Crippen molar-refractivity contribution in [1.82, 2.24) is 19.9 Å². The molecule has 5 nitrogen and oxygen atoms in total. The molecular weight excluding hydrogens is 682 g/mol. The van der Waals surface area contributed by atoms with Crippen LogP contribution in [0, 0.1) is 5.41 Å². The quantitative estimate of drug-likeness (QED) is 0.180. The third-order valence-corrected chi connectivity index (χ3v) is 10.9. The number of hydrogen-bond donors (Lipinski definition) is 0. The van der Waals surface area contributed by atoms with Gasteiger partial charge in [-0.1, -0.05) is 121 Å². The second-order valence-corrected chi connectivity index (χ2v) is 19.3. The Morgan fingerprint density at radius 3 is 1.74 bits per heavy atom. The molecule has 284 valence electrons. The highest BCUT2D eigenvalue weighted by Crippen LogP contribution is 2.48. The number of aromatic nitrogens is 4. The van der Waals surface area contributed by atoms with Crippen LogP contribution in [0.4, 0.5) is 13.2 Å². The zero-order valence-corrected chi connectivity index (χ0v) is 34.2. The Morgan fingerprint density at radius 2 is 1.19 bits per heavy atom. The maximum absolute atomic E-state index is 13.6. The number of benzene rings is 3. The molecule has 8 heteroatoms. The minimum Gasteiger partial charge on any atom is -0.455 e. The van der Waals surface area contributed by atoms with Gasteiger partial charge in [0, 0.05) is 38.9 Å². The zero-order valence-electron chi connectivity index (χ0n) is 34.2. The van der Waals surface area contributed by atoms with Crippen LogP contribution in [0.1, 0.15) is 125 Å². The molecule has 0 N–H and O–H groups in total. The molecule has 0 radical (unpaired) electrons. The minimum absolute atomic E-state index is 0.126. The fraction of sp³-hybridized carbons (Fsp3) is 0.435. The molecule has 0 atom stereocenters. The van der Waals surface area contributed by atoms with Crippen LogP contribution in [-0.2, 0) is 27.8 Å². The molecule has 3 heterocycles. The van der Waals surface area contributed by atoms with Crippen molar-refractivity contribution in [2.45, 2.75) is 125 Å². The average molecular weight is 735 g/mol. The Balaban J connectivity index is 1.62. The minimum atomic E-state index is -4.48. The SMILES string of the molecule is CC(C)(C)c1nc(-c2ccc(-c3cc(-c4cccc5c4oc4cc(C(F)(F)F)ccc45)ncc3C(C)(C)C(C)(C)C)c(C(C)(C)C)c2)nc(C(C)(C)C)n1. The lowest BCUT2D eigenvalue weighted by Gasteiger charge is -2.41. The molecule has 0 saturated carbocycles. The summed E-state index contributed by atoms with van der Waals surface area (Å²) in [7, 11) is 0. The van der Waals surface area contributed by atoms with Gasteiger partial charge in [-0.05, 0) is 74.9 Å². The van der Waals surface area contributed by atoms with Gasteiger partial charge in [-0.15, -0.1) is 0 Å². The zero-order chi connectivity index (χ0) is 40.0. The number of alkyl halides is 3. The van der Waals surface area contributed by atoms with E-state index in [-0.39, 0.29) is 32.7 Å². The largest absolute Gasteiger partial charge is 0.455 e. The van der Waals surface area contributed by atoms with Gasteiger partial charge in [0.15, 0.2) is 5.82 Å². The van der Waals surface area contributed by atoms with Crippen LogP contribution in [0.2, 0.25) is 0 Å². The molecule has 0 aliphatic heterocycles. The van der Waals surface area contributed by atoms with Crippen LogP contribution < -0.4 is 0 Å². The maximum atomic E-state index is 13.6. The van der Waals surface area contributed by atoms with Crippen molar-refractivity contribution in [1.29, 1.82) is 0 Å². The molecular formula is C46H53F3N4O. The monoisotopic (exact) mass is 734 g/mol. The Morgan fingerprint density at radius 1 is 0.556 bits per heavy atom. The number of pyridine rings is 1. The summed E-state index contributed by atoms with van der Waals surface area (Å²) < 4.78 is 47.2.